The summed E-state index contributed by atoms with van der Waals surface area (Å²) in [6.07, 6.45) is 1.10. The molecule has 116 valence electrons. The van der Waals surface area contributed by atoms with Gasteiger partial charge in [-0.1, -0.05) is 0 Å². The molecule has 0 fully saturated rings. The van der Waals surface area contributed by atoms with E-state index < -0.39 is 0 Å². The molecule has 0 aromatic carbocycles. The van der Waals surface area contributed by atoms with Crippen molar-refractivity contribution in [2.75, 3.05) is 19.3 Å². The molecule has 2 aromatic rings. The summed E-state index contributed by atoms with van der Waals surface area (Å²) < 4.78 is 2.28. The molecule has 0 saturated heterocycles. The fraction of sp³-hybridized carbons (Fsp3) is 0.625. The molecule has 0 unspecified atom stereocenters. The zero-order valence-electron chi connectivity index (χ0n) is 14.1. The van der Waals surface area contributed by atoms with Crippen LogP contribution in [0.3, 0.4) is 0 Å². The number of nitrogen functional groups attached to an aromatic ring is 1. The van der Waals surface area contributed by atoms with E-state index in [4.69, 9.17) is 5.73 Å². The van der Waals surface area contributed by atoms with E-state index in [-0.39, 0.29) is 0 Å². The summed E-state index contributed by atoms with van der Waals surface area (Å²) in [6.45, 7) is 12.6. The van der Waals surface area contributed by atoms with Crippen LogP contribution in [-0.4, -0.2) is 39.1 Å². The molecule has 0 radical (unpaired) electrons. The van der Waals surface area contributed by atoms with Crippen molar-refractivity contribution >= 4 is 16.9 Å². The van der Waals surface area contributed by atoms with E-state index in [0.29, 0.717) is 11.9 Å². The Balaban J connectivity index is 2.30. The third kappa shape index (κ3) is 3.02. The molecule has 2 N–H and O–H groups in total. The van der Waals surface area contributed by atoms with Crippen molar-refractivity contribution in [1.82, 2.24) is 19.4 Å². The SMILES string of the molecule is Cc1nc(N)c2c(C)c(C)n(CCCN(C)C(C)C)c2n1. The van der Waals surface area contributed by atoms with Crippen LogP contribution in [0.15, 0.2) is 0 Å². The Hall–Kier alpha value is -1.62. The van der Waals surface area contributed by atoms with Crippen molar-refractivity contribution in [1.29, 1.82) is 0 Å². The normalized spacial score (nSPS) is 12.0. The fourth-order valence-corrected chi connectivity index (χ4v) is 2.69. The quantitative estimate of drug-likeness (QED) is 0.919. The van der Waals surface area contributed by atoms with Gasteiger partial charge < -0.3 is 15.2 Å². The van der Waals surface area contributed by atoms with Gasteiger partial charge in [0.25, 0.3) is 0 Å². The van der Waals surface area contributed by atoms with Gasteiger partial charge in [0.1, 0.15) is 17.3 Å². The molecule has 0 aliphatic carbocycles. The van der Waals surface area contributed by atoms with Crippen LogP contribution in [0, 0.1) is 20.8 Å². The second-order valence-electron chi connectivity index (χ2n) is 6.14. The van der Waals surface area contributed by atoms with Crippen LogP contribution in [0.4, 0.5) is 5.82 Å². The van der Waals surface area contributed by atoms with Crippen LogP contribution in [0.5, 0.6) is 0 Å². The number of aryl methyl sites for hydroxylation is 3. The molecular weight excluding hydrogens is 262 g/mol. The molecular formula is C16H27N5. The lowest BCUT2D eigenvalue weighted by atomic mass is 10.2. The second kappa shape index (κ2) is 6.02. The van der Waals surface area contributed by atoms with Gasteiger partial charge in [-0.05, 0) is 60.2 Å². The highest BCUT2D eigenvalue weighted by Crippen LogP contribution is 2.27. The Labute approximate surface area is 127 Å². The Bertz CT molecular complexity index is 642. The summed E-state index contributed by atoms with van der Waals surface area (Å²) in [4.78, 5) is 11.3. The van der Waals surface area contributed by atoms with Gasteiger partial charge in [0.05, 0.1) is 5.39 Å². The lowest BCUT2D eigenvalue weighted by Crippen LogP contribution is -2.28. The maximum Gasteiger partial charge on any atom is 0.146 e. The maximum absolute atomic E-state index is 6.08. The molecule has 2 rings (SSSR count). The molecule has 5 heteroatoms. The van der Waals surface area contributed by atoms with Crippen molar-refractivity contribution in [3.63, 3.8) is 0 Å². The first-order valence-electron chi connectivity index (χ1n) is 7.62. The third-order valence-corrected chi connectivity index (χ3v) is 4.38. The summed E-state index contributed by atoms with van der Waals surface area (Å²) in [5.74, 6) is 1.33. The number of fused-ring (bicyclic) bond motifs is 1. The van der Waals surface area contributed by atoms with Crippen molar-refractivity contribution in [3.8, 4) is 0 Å². The number of anilines is 1. The summed E-state index contributed by atoms with van der Waals surface area (Å²) in [5.41, 5.74) is 9.49. The first-order chi connectivity index (χ1) is 9.82. The van der Waals surface area contributed by atoms with E-state index in [0.717, 1.165) is 36.4 Å². The van der Waals surface area contributed by atoms with E-state index in [9.17, 15) is 0 Å². The molecule has 5 nitrogen and oxygen atoms in total. The number of nitrogens with zero attached hydrogens (tertiary/aromatic N) is 4. The van der Waals surface area contributed by atoms with Gasteiger partial charge in [0.2, 0.25) is 0 Å². The minimum absolute atomic E-state index is 0.578. The summed E-state index contributed by atoms with van der Waals surface area (Å²) in [6, 6.07) is 0.578. The standard InChI is InChI=1S/C16H27N5/c1-10(2)20(6)8-7-9-21-12(4)11(3)14-15(17)18-13(5)19-16(14)21/h10H,7-9H2,1-6H3,(H2,17,18,19). The number of nitrogens with two attached hydrogens (primary N) is 1. The van der Waals surface area contributed by atoms with Gasteiger partial charge in [-0.25, -0.2) is 9.97 Å². The summed E-state index contributed by atoms with van der Waals surface area (Å²) >= 11 is 0. The summed E-state index contributed by atoms with van der Waals surface area (Å²) in [5, 5.41) is 1.01. The van der Waals surface area contributed by atoms with Gasteiger partial charge in [-0.3, -0.25) is 0 Å². The highest BCUT2D eigenvalue weighted by Gasteiger charge is 2.16. The highest BCUT2D eigenvalue weighted by molar-refractivity contribution is 5.91. The van der Waals surface area contributed by atoms with Gasteiger partial charge in [-0.2, -0.15) is 0 Å². The molecule has 0 amide bonds. The van der Waals surface area contributed by atoms with Crippen LogP contribution < -0.4 is 5.73 Å². The van der Waals surface area contributed by atoms with E-state index >= 15 is 0 Å². The molecule has 0 aliphatic rings. The molecule has 0 aliphatic heterocycles. The van der Waals surface area contributed by atoms with Gasteiger partial charge >= 0.3 is 0 Å². The Morgan fingerprint density at radius 2 is 1.86 bits per heavy atom. The lowest BCUT2D eigenvalue weighted by molar-refractivity contribution is 0.265. The topological polar surface area (TPSA) is 60.0 Å². The van der Waals surface area contributed by atoms with Crippen molar-refractivity contribution in [2.45, 2.75) is 53.6 Å². The molecule has 0 bridgehead atoms. The first kappa shape index (κ1) is 15.8. The molecule has 0 saturated carbocycles. The smallest absolute Gasteiger partial charge is 0.146 e. The van der Waals surface area contributed by atoms with E-state index in [1.807, 2.05) is 6.92 Å². The first-order valence-corrected chi connectivity index (χ1v) is 7.62. The molecule has 2 aromatic heterocycles. The average Bonchev–Trinajstić information content (AvgIpc) is 2.63. The molecule has 2 heterocycles. The maximum atomic E-state index is 6.08. The van der Waals surface area contributed by atoms with Crippen molar-refractivity contribution in [2.24, 2.45) is 0 Å². The highest BCUT2D eigenvalue weighted by atomic mass is 15.1. The zero-order valence-corrected chi connectivity index (χ0v) is 14.1. The Morgan fingerprint density at radius 3 is 2.48 bits per heavy atom. The van der Waals surface area contributed by atoms with E-state index in [2.05, 4.69) is 54.2 Å². The lowest BCUT2D eigenvalue weighted by Gasteiger charge is -2.21. The molecule has 0 spiro atoms. The van der Waals surface area contributed by atoms with Gasteiger partial charge in [0, 0.05) is 18.3 Å². The van der Waals surface area contributed by atoms with E-state index in [1.54, 1.807) is 0 Å². The number of hydrogen-bond acceptors (Lipinski definition) is 4. The Morgan fingerprint density at radius 1 is 1.19 bits per heavy atom. The predicted octanol–water partition coefficient (Wildman–Crippen LogP) is 2.67. The summed E-state index contributed by atoms with van der Waals surface area (Å²) in [7, 11) is 2.17. The zero-order chi connectivity index (χ0) is 15.7. The minimum Gasteiger partial charge on any atom is -0.383 e. The van der Waals surface area contributed by atoms with E-state index in [1.165, 1.54) is 11.3 Å². The third-order valence-electron chi connectivity index (χ3n) is 4.38. The Kier molecular flexibility index (Phi) is 4.52. The molecule has 21 heavy (non-hydrogen) atoms. The number of aromatic nitrogens is 3. The average molecular weight is 289 g/mol. The van der Waals surface area contributed by atoms with Crippen LogP contribution in [0.1, 0.15) is 37.4 Å². The predicted molar refractivity (Wildman–Crippen MR) is 88.5 cm³/mol. The van der Waals surface area contributed by atoms with Crippen molar-refractivity contribution < 1.29 is 0 Å². The largest absolute Gasteiger partial charge is 0.383 e. The fourth-order valence-electron chi connectivity index (χ4n) is 2.69. The minimum atomic E-state index is 0.578. The van der Waals surface area contributed by atoms with Crippen LogP contribution in [0.2, 0.25) is 0 Å². The van der Waals surface area contributed by atoms with Gasteiger partial charge in [-0.15, -0.1) is 0 Å². The molecule has 0 atom stereocenters. The monoisotopic (exact) mass is 289 g/mol. The van der Waals surface area contributed by atoms with Crippen LogP contribution in [0.25, 0.3) is 11.0 Å². The van der Waals surface area contributed by atoms with Crippen LogP contribution in [-0.2, 0) is 6.54 Å². The number of hydrogen-bond donors (Lipinski definition) is 1. The van der Waals surface area contributed by atoms with Crippen molar-refractivity contribution in [3.05, 3.63) is 17.1 Å². The second-order valence-corrected chi connectivity index (χ2v) is 6.14. The number of rotatable bonds is 5. The van der Waals surface area contributed by atoms with Gasteiger partial charge in [0.15, 0.2) is 0 Å². The van der Waals surface area contributed by atoms with Crippen LogP contribution >= 0.6 is 0 Å².